The summed E-state index contributed by atoms with van der Waals surface area (Å²) in [6.07, 6.45) is 2.06. The van der Waals surface area contributed by atoms with Crippen LogP contribution < -0.4 is 10.6 Å². The van der Waals surface area contributed by atoms with Gasteiger partial charge in [-0.3, -0.25) is 10.1 Å². The number of halogens is 2. The Kier molecular flexibility index (Phi) is 5.62. The van der Waals surface area contributed by atoms with Crippen LogP contribution in [0, 0.1) is 6.92 Å². The Morgan fingerprint density at radius 2 is 1.58 bits per heavy atom. The highest BCUT2D eigenvalue weighted by Crippen LogP contribution is 2.34. The lowest BCUT2D eigenvalue weighted by Gasteiger charge is -2.24. The Morgan fingerprint density at radius 3 is 2.24 bits per heavy atom. The van der Waals surface area contributed by atoms with Crippen LogP contribution in [0.4, 0.5) is 11.9 Å². The molecule has 0 saturated heterocycles. The van der Waals surface area contributed by atoms with Crippen LogP contribution in [-0.4, -0.2) is 20.7 Å². The summed E-state index contributed by atoms with van der Waals surface area (Å²) < 4.78 is 1.74. The molecule has 0 fully saturated rings. The van der Waals surface area contributed by atoms with Gasteiger partial charge in [0, 0.05) is 21.3 Å². The number of carbonyl (C=O) groups is 1. The molecular weight excluding hydrogens is 457 g/mol. The van der Waals surface area contributed by atoms with Gasteiger partial charge in [0.1, 0.15) is 6.04 Å². The number of hydrogen-bond acceptors (Lipinski definition) is 4. The molecule has 1 aromatic heterocycles. The highest BCUT2D eigenvalue weighted by Gasteiger charge is 2.26. The Labute approximate surface area is 200 Å². The third-order valence-corrected chi connectivity index (χ3v) is 5.88. The SMILES string of the molecule is Cc1ccc(C(=O)Nc2nc3n(n2)[C@H](c2ccc(Cl)cc2)C=C(c2ccc(Cl)cc2)N3)cc1. The number of aryl methyl sites for hydroxylation is 1. The van der Waals surface area contributed by atoms with Gasteiger partial charge in [0.15, 0.2) is 0 Å². The normalized spacial score (nSPS) is 14.8. The fourth-order valence-electron chi connectivity index (χ4n) is 3.62. The molecule has 1 aliphatic rings. The van der Waals surface area contributed by atoms with E-state index >= 15 is 0 Å². The van der Waals surface area contributed by atoms with Crippen molar-refractivity contribution in [2.45, 2.75) is 13.0 Å². The van der Waals surface area contributed by atoms with E-state index in [1.54, 1.807) is 16.8 Å². The molecule has 164 valence electrons. The van der Waals surface area contributed by atoms with Crippen molar-refractivity contribution in [3.05, 3.63) is 111 Å². The summed E-state index contributed by atoms with van der Waals surface area (Å²) >= 11 is 12.2. The van der Waals surface area contributed by atoms with Gasteiger partial charge in [0.2, 0.25) is 5.95 Å². The fraction of sp³-hybridized carbons (Fsp3) is 0.0800. The zero-order chi connectivity index (χ0) is 22.9. The maximum Gasteiger partial charge on any atom is 0.258 e. The maximum atomic E-state index is 12.7. The van der Waals surface area contributed by atoms with Crippen molar-refractivity contribution in [3.63, 3.8) is 0 Å². The van der Waals surface area contributed by atoms with Gasteiger partial charge in [-0.05, 0) is 60.5 Å². The smallest absolute Gasteiger partial charge is 0.258 e. The van der Waals surface area contributed by atoms with Crippen LogP contribution in [0.15, 0.2) is 78.9 Å². The summed E-state index contributed by atoms with van der Waals surface area (Å²) in [6, 6.07) is 22.2. The molecule has 0 saturated carbocycles. The van der Waals surface area contributed by atoms with Gasteiger partial charge in [-0.15, -0.1) is 5.10 Å². The average Bonchev–Trinajstić information content (AvgIpc) is 3.22. The first-order valence-electron chi connectivity index (χ1n) is 10.3. The lowest BCUT2D eigenvalue weighted by Crippen LogP contribution is -2.20. The molecular formula is C25H19Cl2N5O. The van der Waals surface area contributed by atoms with Gasteiger partial charge >= 0.3 is 0 Å². The molecule has 3 aromatic carbocycles. The molecule has 33 heavy (non-hydrogen) atoms. The number of fused-ring (bicyclic) bond motifs is 1. The predicted molar refractivity (Wildman–Crippen MR) is 132 cm³/mol. The summed E-state index contributed by atoms with van der Waals surface area (Å²) in [5.74, 6) is 0.460. The van der Waals surface area contributed by atoms with Crippen LogP contribution in [0.5, 0.6) is 0 Å². The summed E-state index contributed by atoms with van der Waals surface area (Å²) in [5, 5.41) is 12.0. The third-order valence-electron chi connectivity index (χ3n) is 5.37. The first-order chi connectivity index (χ1) is 16.0. The molecule has 0 bridgehead atoms. The number of allylic oxidation sites excluding steroid dienone is 1. The Hall–Kier alpha value is -3.61. The van der Waals surface area contributed by atoms with Gasteiger partial charge in [-0.25, -0.2) is 4.68 Å². The van der Waals surface area contributed by atoms with Crippen molar-refractivity contribution in [2.75, 3.05) is 10.6 Å². The number of aromatic nitrogens is 3. The standard InChI is InChI=1S/C25H19Cl2N5O/c1-15-2-4-18(5-3-15)23(33)29-24-30-25-28-21(16-6-10-19(26)11-7-16)14-22(32(25)31-24)17-8-12-20(27)13-9-17/h2-14,22H,1H3,(H2,28,29,30,31,33)/t22-/m0/s1. The van der Waals surface area contributed by atoms with Crippen LogP contribution in [0.25, 0.3) is 5.70 Å². The number of anilines is 2. The zero-order valence-electron chi connectivity index (χ0n) is 17.6. The minimum absolute atomic E-state index is 0.216. The van der Waals surface area contributed by atoms with Crippen LogP contribution in [-0.2, 0) is 0 Å². The number of nitrogens with one attached hydrogen (secondary N) is 2. The average molecular weight is 476 g/mol. The van der Waals surface area contributed by atoms with E-state index in [0.29, 0.717) is 21.6 Å². The second-order valence-corrected chi connectivity index (χ2v) is 8.61. The minimum Gasteiger partial charge on any atom is -0.324 e. The van der Waals surface area contributed by atoms with E-state index in [1.165, 1.54) is 0 Å². The second-order valence-electron chi connectivity index (χ2n) is 7.73. The van der Waals surface area contributed by atoms with Crippen LogP contribution in [0.2, 0.25) is 10.0 Å². The van der Waals surface area contributed by atoms with Crippen LogP contribution in [0.3, 0.4) is 0 Å². The van der Waals surface area contributed by atoms with E-state index in [9.17, 15) is 4.79 Å². The third kappa shape index (κ3) is 4.49. The first-order valence-corrected chi connectivity index (χ1v) is 11.1. The predicted octanol–water partition coefficient (Wildman–Crippen LogP) is 6.20. The lowest BCUT2D eigenvalue weighted by molar-refractivity contribution is 0.102. The monoisotopic (exact) mass is 475 g/mol. The molecule has 0 radical (unpaired) electrons. The van der Waals surface area contributed by atoms with Crippen molar-refractivity contribution < 1.29 is 4.79 Å². The highest BCUT2D eigenvalue weighted by atomic mass is 35.5. The molecule has 2 heterocycles. The number of benzene rings is 3. The largest absolute Gasteiger partial charge is 0.324 e. The molecule has 6 nitrogen and oxygen atoms in total. The molecule has 1 amide bonds. The van der Waals surface area contributed by atoms with Gasteiger partial charge in [-0.2, -0.15) is 4.98 Å². The summed E-state index contributed by atoms with van der Waals surface area (Å²) in [4.78, 5) is 17.2. The number of nitrogens with zero attached hydrogens (tertiary/aromatic N) is 3. The molecule has 0 spiro atoms. The van der Waals surface area contributed by atoms with Crippen LogP contribution >= 0.6 is 23.2 Å². The van der Waals surface area contributed by atoms with E-state index in [-0.39, 0.29) is 17.9 Å². The fourth-order valence-corrected chi connectivity index (χ4v) is 3.87. The van der Waals surface area contributed by atoms with Crippen LogP contribution in [0.1, 0.15) is 33.1 Å². The quantitative estimate of drug-likeness (QED) is 0.368. The summed E-state index contributed by atoms with van der Waals surface area (Å²) in [7, 11) is 0. The lowest BCUT2D eigenvalue weighted by atomic mass is 10.0. The molecule has 1 aliphatic heterocycles. The number of carbonyl (C=O) groups excluding carboxylic acids is 1. The molecule has 2 N–H and O–H groups in total. The Balaban J connectivity index is 1.50. The maximum absolute atomic E-state index is 12.7. The van der Waals surface area contributed by atoms with Crippen molar-refractivity contribution in [2.24, 2.45) is 0 Å². The van der Waals surface area contributed by atoms with Gasteiger partial charge in [0.05, 0.1) is 0 Å². The highest BCUT2D eigenvalue weighted by molar-refractivity contribution is 6.30. The first kappa shape index (κ1) is 21.2. The molecule has 0 aliphatic carbocycles. The summed E-state index contributed by atoms with van der Waals surface area (Å²) in [6.45, 7) is 1.97. The molecule has 4 aromatic rings. The molecule has 5 rings (SSSR count). The number of amides is 1. The summed E-state index contributed by atoms with van der Waals surface area (Å²) in [5.41, 5.74) is 4.42. The van der Waals surface area contributed by atoms with E-state index in [1.807, 2.05) is 67.6 Å². The zero-order valence-corrected chi connectivity index (χ0v) is 19.1. The molecule has 8 heteroatoms. The van der Waals surface area contributed by atoms with Crippen molar-refractivity contribution >= 4 is 46.7 Å². The van der Waals surface area contributed by atoms with E-state index in [4.69, 9.17) is 23.2 Å². The van der Waals surface area contributed by atoms with Crippen molar-refractivity contribution in [3.8, 4) is 0 Å². The van der Waals surface area contributed by atoms with Gasteiger partial charge < -0.3 is 5.32 Å². The van der Waals surface area contributed by atoms with Gasteiger partial charge in [-0.1, -0.05) is 65.2 Å². The second kappa shape index (κ2) is 8.73. The van der Waals surface area contributed by atoms with Crippen molar-refractivity contribution in [1.29, 1.82) is 0 Å². The number of hydrogen-bond donors (Lipinski definition) is 2. The van der Waals surface area contributed by atoms with Crippen molar-refractivity contribution in [1.82, 2.24) is 14.8 Å². The minimum atomic E-state index is -0.271. The van der Waals surface area contributed by atoms with Gasteiger partial charge in [0.25, 0.3) is 11.9 Å². The number of rotatable bonds is 4. The van der Waals surface area contributed by atoms with E-state index < -0.39 is 0 Å². The Morgan fingerprint density at radius 1 is 0.939 bits per heavy atom. The van der Waals surface area contributed by atoms with E-state index in [0.717, 1.165) is 22.4 Å². The Bertz CT molecular complexity index is 1340. The molecule has 0 unspecified atom stereocenters. The van der Waals surface area contributed by atoms with E-state index in [2.05, 4.69) is 26.8 Å². The topological polar surface area (TPSA) is 71.8 Å². The molecule has 1 atom stereocenters.